The van der Waals surface area contributed by atoms with Gasteiger partial charge in [0.1, 0.15) is 0 Å². The summed E-state index contributed by atoms with van der Waals surface area (Å²) in [6.07, 6.45) is 5.00. The predicted molar refractivity (Wildman–Crippen MR) is 52.2 cm³/mol. The van der Waals surface area contributed by atoms with Crippen LogP contribution in [0.5, 0.6) is 0 Å². The van der Waals surface area contributed by atoms with E-state index in [1.165, 1.54) is 4.90 Å². The van der Waals surface area contributed by atoms with Gasteiger partial charge in [0.25, 0.3) is 0 Å². The van der Waals surface area contributed by atoms with E-state index in [0.717, 1.165) is 13.0 Å². The molecule has 1 heterocycles. The van der Waals surface area contributed by atoms with Crippen LogP contribution in [0.4, 0.5) is 0 Å². The van der Waals surface area contributed by atoms with Crippen molar-refractivity contribution in [3.05, 3.63) is 12.4 Å². The molecular weight excluding hydrogens is 170 g/mol. The Hall–Kier alpha value is -0.480. The van der Waals surface area contributed by atoms with E-state index < -0.39 is 0 Å². The molecule has 2 N–H and O–H groups in total. The van der Waals surface area contributed by atoms with Gasteiger partial charge in [0.15, 0.2) is 0 Å². The first-order valence-electron chi connectivity index (χ1n) is 4.11. The monoisotopic (exact) mass is 185 g/mol. The highest BCUT2D eigenvalue weighted by Gasteiger charge is 2.06. The molecule has 0 aliphatic heterocycles. The predicted octanol–water partition coefficient (Wildman–Crippen LogP) is 1.25. The van der Waals surface area contributed by atoms with E-state index in [0.29, 0.717) is 5.25 Å². The zero-order valence-electron chi connectivity index (χ0n) is 7.53. The van der Waals surface area contributed by atoms with Crippen LogP contribution in [-0.4, -0.2) is 21.6 Å². The molecule has 3 nitrogen and oxygen atoms in total. The van der Waals surface area contributed by atoms with E-state index in [4.69, 9.17) is 5.73 Å². The molecule has 0 fully saturated rings. The van der Waals surface area contributed by atoms with Gasteiger partial charge in [-0.05, 0) is 6.42 Å². The summed E-state index contributed by atoms with van der Waals surface area (Å²) in [6, 6.07) is 0. The summed E-state index contributed by atoms with van der Waals surface area (Å²) >= 11 is 1.80. The molecular formula is C8H15N3S. The molecule has 0 spiro atoms. The zero-order chi connectivity index (χ0) is 8.97. The molecule has 0 saturated heterocycles. The summed E-state index contributed by atoms with van der Waals surface area (Å²) in [6.45, 7) is 2.89. The van der Waals surface area contributed by atoms with Crippen LogP contribution in [0.25, 0.3) is 0 Å². The topological polar surface area (TPSA) is 43.8 Å². The molecule has 1 rings (SSSR count). The van der Waals surface area contributed by atoms with Crippen molar-refractivity contribution >= 4 is 11.8 Å². The fraction of sp³-hybridized carbons (Fsp3) is 0.625. The molecule has 0 saturated carbocycles. The molecule has 0 amide bonds. The van der Waals surface area contributed by atoms with Gasteiger partial charge in [0.05, 0.1) is 6.20 Å². The van der Waals surface area contributed by atoms with Crippen LogP contribution in [0.3, 0.4) is 0 Å². The maximum Gasteiger partial charge on any atom is 0.0625 e. The van der Waals surface area contributed by atoms with Crippen molar-refractivity contribution in [3.8, 4) is 0 Å². The van der Waals surface area contributed by atoms with E-state index in [1.54, 1.807) is 11.8 Å². The minimum absolute atomic E-state index is 0.522. The van der Waals surface area contributed by atoms with E-state index in [2.05, 4.69) is 12.0 Å². The van der Waals surface area contributed by atoms with Crippen LogP contribution < -0.4 is 5.73 Å². The van der Waals surface area contributed by atoms with Crippen molar-refractivity contribution in [2.75, 3.05) is 6.54 Å². The summed E-state index contributed by atoms with van der Waals surface area (Å²) in [7, 11) is 1.92. The fourth-order valence-corrected chi connectivity index (χ4v) is 1.92. The fourth-order valence-electron chi connectivity index (χ4n) is 0.950. The van der Waals surface area contributed by atoms with Crippen LogP contribution in [-0.2, 0) is 7.05 Å². The molecule has 68 valence electrons. The lowest BCUT2D eigenvalue weighted by Gasteiger charge is -2.08. The SMILES string of the molecule is CCC(CN)Sc1cnn(C)c1. The normalized spacial score (nSPS) is 13.2. The number of hydrogen-bond acceptors (Lipinski definition) is 3. The standard InChI is InChI=1S/C8H15N3S/c1-3-7(4-9)12-8-5-10-11(2)6-8/h5-7H,3-4,9H2,1-2H3. The molecule has 4 heteroatoms. The summed E-state index contributed by atoms with van der Waals surface area (Å²) in [5.74, 6) is 0. The number of nitrogens with zero attached hydrogens (tertiary/aromatic N) is 2. The zero-order valence-corrected chi connectivity index (χ0v) is 8.34. The molecule has 1 atom stereocenters. The molecule has 0 aliphatic rings. The van der Waals surface area contributed by atoms with E-state index in [-0.39, 0.29) is 0 Å². The van der Waals surface area contributed by atoms with Crippen molar-refractivity contribution in [2.24, 2.45) is 12.8 Å². The maximum atomic E-state index is 5.59. The number of nitrogens with two attached hydrogens (primary N) is 1. The molecule has 0 radical (unpaired) electrons. The van der Waals surface area contributed by atoms with E-state index in [1.807, 2.05) is 24.1 Å². The summed E-state index contributed by atoms with van der Waals surface area (Å²) in [5.41, 5.74) is 5.59. The maximum absolute atomic E-state index is 5.59. The van der Waals surface area contributed by atoms with Crippen LogP contribution in [0, 0.1) is 0 Å². The summed E-state index contributed by atoms with van der Waals surface area (Å²) in [5, 5.41) is 4.62. The number of aromatic nitrogens is 2. The first-order chi connectivity index (χ1) is 5.76. The first kappa shape index (κ1) is 9.61. The van der Waals surface area contributed by atoms with Gasteiger partial charge in [-0.3, -0.25) is 4.68 Å². The van der Waals surface area contributed by atoms with Crippen molar-refractivity contribution in [2.45, 2.75) is 23.5 Å². The smallest absolute Gasteiger partial charge is 0.0625 e. The third-order valence-electron chi connectivity index (χ3n) is 1.70. The minimum Gasteiger partial charge on any atom is -0.329 e. The average Bonchev–Trinajstić information content (AvgIpc) is 2.47. The van der Waals surface area contributed by atoms with Crippen LogP contribution in [0.1, 0.15) is 13.3 Å². The Labute approximate surface area is 77.3 Å². The molecule has 1 aromatic heterocycles. The van der Waals surface area contributed by atoms with Gasteiger partial charge in [0, 0.05) is 29.9 Å². The Balaban J connectivity index is 2.50. The lowest BCUT2D eigenvalue weighted by atomic mass is 10.3. The quantitative estimate of drug-likeness (QED) is 0.718. The largest absolute Gasteiger partial charge is 0.329 e. The molecule has 1 aromatic rings. The van der Waals surface area contributed by atoms with E-state index >= 15 is 0 Å². The number of aryl methyl sites for hydroxylation is 1. The van der Waals surface area contributed by atoms with Crippen molar-refractivity contribution in [3.63, 3.8) is 0 Å². The lowest BCUT2D eigenvalue weighted by Crippen LogP contribution is -2.15. The van der Waals surface area contributed by atoms with Crippen LogP contribution in [0.2, 0.25) is 0 Å². The number of hydrogen-bond donors (Lipinski definition) is 1. The summed E-state index contributed by atoms with van der Waals surface area (Å²) < 4.78 is 1.81. The second-order valence-electron chi connectivity index (χ2n) is 2.73. The van der Waals surface area contributed by atoms with Crippen molar-refractivity contribution in [1.29, 1.82) is 0 Å². The molecule has 1 unspecified atom stereocenters. The Morgan fingerprint density at radius 2 is 2.50 bits per heavy atom. The number of thioether (sulfide) groups is 1. The third-order valence-corrected chi connectivity index (χ3v) is 3.04. The Morgan fingerprint density at radius 3 is 2.92 bits per heavy atom. The highest BCUT2D eigenvalue weighted by Crippen LogP contribution is 2.23. The van der Waals surface area contributed by atoms with Gasteiger partial charge in [-0.1, -0.05) is 6.92 Å². The van der Waals surface area contributed by atoms with Gasteiger partial charge in [-0.2, -0.15) is 5.10 Å². The Bertz CT molecular complexity index is 230. The Morgan fingerprint density at radius 1 is 1.75 bits per heavy atom. The van der Waals surface area contributed by atoms with Gasteiger partial charge in [-0.15, -0.1) is 11.8 Å². The first-order valence-corrected chi connectivity index (χ1v) is 4.99. The van der Waals surface area contributed by atoms with Crippen LogP contribution >= 0.6 is 11.8 Å². The summed E-state index contributed by atoms with van der Waals surface area (Å²) in [4.78, 5) is 1.20. The minimum atomic E-state index is 0.522. The average molecular weight is 185 g/mol. The van der Waals surface area contributed by atoms with Crippen molar-refractivity contribution in [1.82, 2.24) is 9.78 Å². The lowest BCUT2D eigenvalue weighted by molar-refractivity contribution is 0.766. The van der Waals surface area contributed by atoms with Gasteiger partial charge < -0.3 is 5.73 Å². The highest BCUT2D eigenvalue weighted by molar-refractivity contribution is 8.00. The molecule has 0 aliphatic carbocycles. The highest BCUT2D eigenvalue weighted by atomic mass is 32.2. The van der Waals surface area contributed by atoms with Gasteiger partial charge >= 0.3 is 0 Å². The van der Waals surface area contributed by atoms with Crippen molar-refractivity contribution < 1.29 is 0 Å². The number of rotatable bonds is 4. The second kappa shape index (κ2) is 4.52. The Kier molecular flexibility index (Phi) is 3.62. The second-order valence-corrected chi connectivity index (χ2v) is 4.11. The molecule has 0 bridgehead atoms. The van der Waals surface area contributed by atoms with Gasteiger partial charge in [-0.25, -0.2) is 0 Å². The third kappa shape index (κ3) is 2.53. The molecule has 12 heavy (non-hydrogen) atoms. The molecule has 0 aromatic carbocycles. The van der Waals surface area contributed by atoms with E-state index in [9.17, 15) is 0 Å². The van der Waals surface area contributed by atoms with Gasteiger partial charge in [0.2, 0.25) is 0 Å². The van der Waals surface area contributed by atoms with Crippen LogP contribution in [0.15, 0.2) is 17.3 Å².